The Hall–Kier alpha value is -2.06. The van der Waals surface area contributed by atoms with Crippen molar-refractivity contribution in [3.05, 3.63) is 29.8 Å². The highest BCUT2D eigenvalue weighted by Gasteiger charge is 2.32. The minimum Gasteiger partial charge on any atom is -0.491 e. The molecule has 2 fully saturated rings. The second kappa shape index (κ2) is 6.80. The molecule has 1 saturated carbocycles. The fourth-order valence-corrected chi connectivity index (χ4v) is 2.65. The van der Waals surface area contributed by atoms with Gasteiger partial charge in [0.15, 0.2) is 0 Å². The minimum absolute atomic E-state index is 0.0743. The highest BCUT2D eigenvalue weighted by atomic mass is 16.5. The number of carbonyl (C=O) groups is 1. The quantitative estimate of drug-likeness (QED) is 0.757. The van der Waals surface area contributed by atoms with E-state index in [9.17, 15) is 4.79 Å². The number of nitriles is 1. The molecule has 22 heavy (non-hydrogen) atoms. The van der Waals surface area contributed by atoms with Crippen LogP contribution in [-0.2, 0) is 4.74 Å². The summed E-state index contributed by atoms with van der Waals surface area (Å²) in [5, 5.41) is 8.85. The third-order valence-electron chi connectivity index (χ3n) is 4.05. The van der Waals surface area contributed by atoms with Crippen LogP contribution in [0.5, 0.6) is 5.75 Å². The average molecular weight is 300 g/mol. The molecular formula is C17H20N2O3. The lowest BCUT2D eigenvalue weighted by Gasteiger charge is -2.19. The van der Waals surface area contributed by atoms with E-state index in [0.29, 0.717) is 12.2 Å². The van der Waals surface area contributed by atoms with Crippen LogP contribution in [0.2, 0.25) is 0 Å². The van der Waals surface area contributed by atoms with E-state index in [1.165, 1.54) is 0 Å². The fraction of sp³-hybridized carbons (Fsp3) is 0.529. The number of benzene rings is 1. The Bertz CT molecular complexity index is 554. The topological polar surface area (TPSA) is 62.6 Å². The van der Waals surface area contributed by atoms with Gasteiger partial charge in [-0.15, -0.1) is 0 Å². The van der Waals surface area contributed by atoms with E-state index in [4.69, 9.17) is 14.7 Å². The molecule has 0 unspecified atom stereocenters. The van der Waals surface area contributed by atoms with Crippen LogP contribution in [0.25, 0.3) is 0 Å². The summed E-state index contributed by atoms with van der Waals surface area (Å²) >= 11 is 0. The van der Waals surface area contributed by atoms with Gasteiger partial charge in [0.2, 0.25) is 0 Å². The molecule has 1 aliphatic carbocycles. The van der Waals surface area contributed by atoms with Crippen molar-refractivity contribution in [1.82, 2.24) is 4.90 Å². The zero-order valence-corrected chi connectivity index (χ0v) is 12.5. The summed E-state index contributed by atoms with van der Waals surface area (Å²) in [6.45, 7) is 1.52. The molecule has 1 aromatic rings. The predicted octanol–water partition coefficient (Wildman–Crippen LogP) is 2.37. The Kier molecular flexibility index (Phi) is 4.59. The molecule has 116 valence electrons. The molecule has 0 aromatic heterocycles. The smallest absolute Gasteiger partial charge is 0.254 e. The van der Waals surface area contributed by atoms with Gasteiger partial charge in [0.05, 0.1) is 12.2 Å². The van der Waals surface area contributed by atoms with Gasteiger partial charge in [-0.1, -0.05) is 0 Å². The van der Waals surface area contributed by atoms with E-state index in [-0.39, 0.29) is 24.6 Å². The first-order chi connectivity index (χ1) is 10.8. The summed E-state index contributed by atoms with van der Waals surface area (Å²) < 4.78 is 11.2. The number of rotatable bonds is 6. The van der Waals surface area contributed by atoms with E-state index >= 15 is 0 Å². The van der Waals surface area contributed by atoms with Crippen LogP contribution in [-0.4, -0.2) is 42.7 Å². The monoisotopic (exact) mass is 300 g/mol. The molecule has 0 N–H and O–H groups in total. The summed E-state index contributed by atoms with van der Waals surface area (Å²) in [5.74, 6) is 0.667. The van der Waals surface area contributed by atoms with Crippen LogP contribution < -0.4 is 4.74 Å². The SMILES string of the molecule is N#CCN(C(=O)c1ccc(OC[C@H]2CCCO2)cc1)C1CC1. The van der Waals surface area contributed by atoms with E-state index in [1.807, 2.05) is 0 Å². The molecule has 1 aliphatic heterocycles. The van der Waals surface area contributed by atoms with Crippen LogP contribution >= 0.6 is 0 Å². The van der Waals surface area contributed by atoms with Gasteiger partial charge in [-0.2, -0.15) is 5.26 Å². The summed E-state index contributed by atoms with van der Waals surface area (Å²) in [5.41, 5.74) is 0.603. The molecule has 5 heteroatoms. The van der Waals surface area contributed by atoms with Crippen molar-refractivity contribution >= 4 is 5.91 Å². The number of hydrogen-bond donors (Lipinski definition) is 0. The van der Waals surface area contributed by atoms with Crippen molar-refractivity contribution in [2.45, 2.75) is 37.8 Å². The van der Waals surface area contributed by atoms with Gasteiger partial charge in [-0.25, -0.2) is 0 Å². The zero-order valence-electron chi connectivity index (χ0n) is 12.5. The van der Waals surface area contributed by atoms with Crippen LogP contribution in [0.15, 0.2) is 24.3 Å². The van der Waals surface area contributed by atoms with E-state index in [1.54, 1.807) is 29.2 Å². The maximum absolute atomic E-state index is 12.4. The molecule has 1 aromatic carbocycles. The van der Waals surface area contributed by atoms with Crippen LogP contribution in [0, 0.1) is 11.3 Å². The highest BCUT2D eigenvalue weighted by molar-refractivity contribution is 5.94. The van der Waals surface area contributed by atoms with Gasteiger partial charge < -0.3 is 14.4 Å². The van der Waals surface area contributed by atoms with Crippen molar-refractivity contribution in [2.75, 3.05) is 19.8 Å². The summed E-state index contributed by atoms with van der Waals surface area (Å²) in [7, 11) is 0. The lowest BCUT2D eigenvalue weighted by Crippen LogP contribution is -2.33. The molecule has 0 radical (unpaired) electrons. The van der Waals surface area contributed by atoms with Crippen LogP contribution in [0.3, 0.4) is 0 Å². The third kappa shape index (κ3) is 3.58. The summed E-state index contributed by atoms with van der Waals surface area (Å²) in [4.78, 5) is 14.1. The number of amides is 1. The number of hydrogen-bond acceptors (Lipinski definition) is 4. The van der Waals surface area contributed by atoms with Gasteiger partial charge in [0.1, 0.15) is 18.9 Å². The Balaban J connectivity index is 1.58. The first-order valence-electron chi connectivity index (χ1n) is 7.80. The number of carbonyl (C=O) groups excluding carboxylic acids is 1. The zero-order chi connectivity index (χ0) is 15.4. The molecule has 0 spiro atoms. The molecule has 3 rings (SSSR count). The standard InChI is InChI=1S/C17H20N2O3/c18-9-10-19(14-5-6-14)17(20)13-3-7-15(8-4-13)22-12-16-2-1-11-21-16/h3-4,7-8,14,16H,1-2,5-6,10-12H2/t16-/m1/s1. The van der Waals surface area contributed by atoms with Crippen LogP contribution in [0.1, 0.15) is 36.0 Å². The summed E-state index contributed by atoms with van der Waals surface area (Å²) in [6.07, 6.45) is 4.31. The largest absolute Gasteiger partial charge is 0.491 e. The van der Waals surface area contributed by atoms with Crippen LogP contribution in [0.4, 0.5) is 0 Å². The lowest BCUT2D eigenvalue weighted by atomic mass is 10.2. The second-order valence-corrected chi connectivity index (χ2v) is 5.79. The van der Waals surface area contributed by atoms with Gasteiger partial charge in [0, 0.05) is 18.2 Å². The van der Waals surface area contributed by atoms with Crippen molar-refractivity contribution in [3.8, 4) is 11.8 Å². The third-order valence-corrected chi connectivity index (χ3v) is 4.05. The Morgan fingerprint density at radius 3 is 2.68 bits per heavy atom. The van der Waals surface area contributed by atoms with E-state index in [0.717, 1.165) is 38.0 Å². The van der Waals surface area contributed by atoms with Gasteiger partial charge in [0.25, 0.3) is 5.91 Å². The summed E-state index contributed by atoms with van der Waals surface area (Å²) in [6, 6.07) is 9.45. The predicted molar refractivity (Wildman–Crippen MR) is 80.6 cm³/mol. The molecule has 1 heterocycles. The normalized spacial score (nSPS) is 20.4. The molecule has 0 bridgehead atoms. The first-order valence-corrected chi connectivity index (χ1v) is 7.80. The average Bonchev–Trinajstić information content (AvgIpc) is 3.25. The molecule has 1 atom stereocenters. The maximum Gasteiger partial charge on any atom is 0.254 e. The molecule has 1 amide bonds. The Morgan fingerprint density at radius 2 is 2.09 bits per heavy atom. The number of ether oxygens (including phenoxy) is 2. The maximum atomic E-state index is 12.4. The van der Waals surface area contributed by atoms with Crippen molar-refractivity contribution in [3.63, 3.8) is 0 Å². The molecule has 1 saturated heterocycles. The molecular weight excluding hydrogens is 280 g/mol. The van der Waals surface area contributed by atoms with Gasteiger partial charge >= 0.3 is 0 Å². The minimum atomic E-state index is -0.0743. The molecule has 2 aliphatic rings. The molecule has 5 nitrogen and oxygen atoms in total. The van der Waals surface area contributed by atoms with Crippen molar-refractivity contribution in [2.24, 2.45) is 0 Å². The van der Waals surface area contributed by atoms with Gasteiger partial charge in [-0.3, -0.25) is 4.79 Å². The van der Waals surface area contributed by atoms with E-state index < -0.39 is 0 Å². The second-order valence-electron chi connectivity index (χ2n) is 5.79. The van der Waals surface area contributed by atoms with E-state index in [2.05, 4.69) is 6.07 Å². The lowest BCUT2D eigenvalue weighted by molar-refractivity contribution is 0.0678. The van der Waals surface area contributed by atoms with Gasteiger partial charge in [-0.05, 0) is 49.9 Å². The van der Waals surface area contributed by atoms with Crippen molar-refractivity contribution < 1.29 is 14.3 Å². The Labute approximate surface area is 130 Å². The van der Waals surface area contributed by atoms with Crippen molar-refractivity contribution in [1.29, 1.82) is 5.26 Å². The Morgan fingerprint density at radius 1 is 1.32 bits per heavy atom. The number of nitrogens with zero attached hydrogens (tertiary/aromatic N) is 2. The fourth-order valence-electron chi connectivity index (χ4n) is 2.65. The first kappa shape index (κ1) is 14.9. The highest BCUT2D eigenvalue weighted by Crippen LogP contribution is 2.28.